The van der Waals surface area contributed by atoms with E-state index >= 15 is 0 Å². The quantitative estimate of drug-likeness (QED) is 0.199. The van der Waals surface area contributed by atoms with Gasteiger partial charge in [-0.3, -0.25) is 0 Å². The van der Waals surface area contributed by atoms with Gasteiger partial charge < -0.3 is 4.43 Å². The molecular formula is C20H37IOSi. The minimum absolute atomic E-state index is 0.289. The molecule has 0 spiro atoms. The van der Waals surface area contributed by atoms with Gasteiger partial charge in [0.1, 0.15) is 0 Å². The van der Waals surface area contributed by atoms with Crippen molar-refractivity contribution in [1.82, 2.24) is 0 Å². The average Bonchev–Trinajstić information content (AvgIpc) is 2.43. The Morgan fingerprint density at radius 3 is 1.87 bits per heavy atom. The Bertz CT molecular complexity index is 439. The molecule has 134 valence electrons. The van der Waals surface area contributed by atoms with Crippen molar-refractivity contribution in [2.45, 2.75) is 85.4 Å². The third-order valence-electron chi connectivity index (χ3n) is 4.72. The van der Waals surface area contributed by atoms with Crippen LogP contribution in [0.1, 0.15) is 67.2 Å². The summed E-state index contributed by atoms with van der Waals surface area (Å²) in [5, 5.41) is 0.289. The molecule has 0 aliphatic rings. The van der Waals surface area contributed by atoms with Crippen LogP contribution in [0.15, 0.2) is 33.0 Å². The lowest BCUT2D eigenvalue weighted by Crippen LogP contribution is -2.41. The monoisotopic (exact) mass is 448 g/mol. The van der Waals surface area contributed by atoms with Crippen molar-refractivity contribution in [2.24, 2.45) is 0 Å². The summed E-state index contributed by atoms with van der Waals surface area (Å²) in [6, 6.07) is 0. The Balaban J connectivity index is 4.19. The van der Waals surface area contributed by atoms with Crippen LogP contribution in [-0.4, -0.2) is 14.9 Å². The molecule has 0 aromatic heterocycles. The van der Waals surface area contributed by atoms with E-state index in [1.807, 2.05) is 0 Å². The van der Waals surface area contributed by atoms with Crippen LogP contribution in [0, 0.1) is 0 Å². The van der Waals surface area contributed by atoms with Gasteiger partial charge >= 0.3 is 0 Å². The second-order valence-electron chi connectivity index (χ2n) is 8.18. The van der Waals surface area contributed by atoms with Crippen LogP contribution in [0.4, 0.5) is 0 Å². The number of hydrogen-bond acceptors (Lipinski definition) is 1. The molecule has 1 nitrogen and oxygen atoms in total. The van der Waals surface area contributed by atoms with E-state index in [4.69, 9.17) is 4.43 Å². The molecule has 0 unspecified atom stereocenters. The fraction of sp³-hybridized carbons (Fsp3) is 0.700. The minimum atomic E-state index is -1.62. The average molecular weight is 449 g/mol. The fourth-order valence-electron chi connectivity index (χ4n) is 1.82. The summed E-state index contributed by atoms with van der Waals surface area (Å²) >= 11 is 2.32. The lowest BCUT2D eigenvalue weighted by atomic mass is 10.1. The zero-order chi connectivity index (χ0) is 18.1. The molecule has 0 N–H and O–H groups in total. The van der Waals surface area contributed by atoms with E-state index in [9.17, 15) is 0 Å². The fourth-order valence-corrected chi connectivity index (χ4v) is 3.15. The first-order chi connectivity index (χ1) is 10.5. The Kier molecular flexibility index (Phi) is 10.9. The van der Waals surface area contributed by atoms with Crippen molar-refractivity contribution in [3.63, 3.8) is 0 Å². The van der Waals surface area contributed by atoms with Crippen LogP contribution in [-0.2, 0) is 4.43 Å². The highest BCUT2D eigenvalue weighted by Crippen LogP contribution is 2.36. The van der Waals surface area contributed by atoms with Crippen molar-refractivity contribution in [3.8, 4) is 0 Å². The molecule has 0 atom stereocenters. The maximum atomic E-state index is 6.27. The molecule has 0 aromatic rings. The smallest absolute Gasteiger partial charge is 0.192 e. The topological polar surface area (TPSA) is 9.23 Å². The van der Waals surface area contributed by atoms with E-state index in [0.29, 0.717) is 0 Å². The first kappa shape index (κ1) is 23.1. The van der Waals surface area contributed by atoms with Crippen LogP contribution in [0.3, 0.4) is 0 Å². The van der Waals surface area contributed by atoms with Crippen LogP contribution in [0.25, 0.3) is 0 Å². The summed E-state index contributed by atoms with van der Waals surface area (Å²) in [5.41, 5.74) is 4.33. The van der Waals surface area contributed by atoms with E-state index < -0.39 is 8.32 Å². The minimum Gasteiger partial charge on any atom is -0.413 e. The van der Waals surface area contributed by atoms with Crippen molar-refractivity contribution in [1.29, 1.82) is 0 Å². The molecule has 0 aliphatic carbocycles. The summed E-state index contributed by atoms with van der Waals surface area (Å²) < 4.78 is 8.44. The second-order valence-corrected chi connectivity index (χ2v) is 13.6. The predicted octanol–water partition coefficient (Wildman–Crippen LogP) is 7.80. The van der Waals surface area contributed by atoms with Gasteiger partial charge in [-0.25, -0.2) is 0 Å². The molecular weight excluding hydrogens is 411 g/mol. The van der Waals surface area contributed by atoms with E-state index in [1.165, 1.54) is 23.1 Å². The molecule has 0 saturated carbocycles. The Hall–Kier alpha value is 0.127. The lowest BCUT2D eigenvalue weighted by molar-refractivity contribution is 0.318. The normalized spacial score (nSPS) is 15.3. The van der Waals surface area contributed by atoms with Gasteiger partial charge in [-0.15, -0.1) is 0 Å². The molecule has 0 rings (SSSR count). The van der Waals surface area contributed by atoms with Gasteiger partial charge in [0, 0.05) is 0 Å². The molecule has 0 saturated heterocycles. The van der Waals surface area contributed by atoms with E-state index in [-0.39, 0.29) is 5.04 Å². The van der Waals surface area contributed by atoms with Crippen molar-refractivity contribution in [3.05, 3.63) is 33.0 Å². The summed E-state index contributed by atoms with van der Waals surface area (Å²) in [6.07, 6.45) is 9.35. The number of halogens is 1. The molecule has 0 aromatic carbocycles. The van der Waals surface area contributed by atoms with Gasteiger partial charge in [-0.2, -0.15) is 0 Å². The largest absolute Gasteiger partial charge is 0.413 e. The number of hydrogen-bond donors (Lipinski definition) is 0. The highest BCUT2D eigenvalue weighted by molar-refractivity contribution is 14.1. The second kappa shape index (κ2) is 10.9. The SMILES string of the molecule is C/C(=C\I)CC/C=C(\C)CC/C=C(\C)CO[Si](C)(C)C(C)(C)C. The van der Waals surface area contributed by atoms with Crippen LogP contribution >= 0.6 is 22.6 Å². The molecule has 0 bridgehead atoms. The zero-order valence-corrected chi connectivity index (χ0v) is 19.7. The molecule has 3 heteroatoms. The lowest BCUT2D eigenvalue weighted by Gasteiger charge is -2.36. The number of rotatable bonds is 9. The molecule has 0 fully saturated rings. The highest BCUT2D eigenvalue weighted by atomic mass is 127. The van der Waals surface area contributed by atoms with Gasteiger partial charge in [0.05, 0.1) is 6.61 Å². The van der Waals surface area contributed by atoms with Crippen LogP contribution in [0.2, 0.25) is 18.1 Å². The molecule has 0 radical (unpaired) electrons. The Morgan fingerprint density at radius 1 is 0.913 bits per heavy atom. The molecule has 0 aliphatic heterocycles. The summed E-state index contributed by atoms with van der Waals surface area (Å²) in [5.74, 6) is 0. The van der Waals surface area contributed by atoms with Gasteiger partial charge in [0.25, 0.3) is 0 Å². The third-order valence-corrected chi connectivity index (χ3v) is 10.3. The van der Waals surface area contributed by atoms with E-state index in [2.05, 4.69) is 93.5 Å². The maximum absolute atomic E-state index is 6.27. The van der Waals surface area contributed by atoms with Crippen LogP contribution in [0.5, 0.6) is 0 Å². The van der Waals surface area contributed by atoms with Gasteiger partial charge in [-0.1, -0.05) is 72.2 Å². The van der Waals surface area contributed by atoms with Crippen molar-refractivity contribution in [2.75, 3.05) is 6.61 Å². The standard InChI is InChI=1S/C20H37IOSi/c1-17(11-9-13-18(2)15-21)12-10-14-19(3)16-22-23(7,8)20(4,5)6/h11,14-15H,9-10,12-13,16H2,1-8H3/b17-11+,18-15+,19-14+. The summed E-state index contributed by atoms with van der Waals surface area (Å²) in [6.45, 7) is 18.9. The van der Waals surface area contributed by atoms with Gasteiger partial charge in [0.15, 0.2) is 8.32 Å². The van der Waals surface area contributed by atoms with Gasteiger partial charge in [-0.05, 0) is 68.7 Å². The predicted molar refractivity (Wildman–Crippen MR) is 117 cm³/mol. The van der Waals surface area contributed by atoms with Crippen molar-refractivity contribution < 1.29 is 4.43 Å². The first-order valence-electron chi connectivity index (χ1n) is 8.70. The van der Waals surface area contributed by atoms with E-state index in [1.54, 1.807) is 0 Å². The Labute approximate surface area is 159 Å². The molecule has 0 amide bonds. The zero-order valence-electron chi connectivity index (χ0n) is 16.6. The van der Waals surface area contributed by atoms with Gasteiger partial charge in [0.2, 0.25) is 0 Å². The molecule has 23 heavy (non-hydrogen) atoms. The molecule has 0 heterocycles. The Morgan fingerprint density at radius 2 is 1.39 bits per heavy atom. The third kappa shape index (κ3) is 10.6. The highest BCUT2D eigenvalue weighted by Gasteiger charge is 2.36. The first-order valence-corrected chi connectivity index (χ1v) is 12.9. The number of allylic oxidation sites excluding steroid dienone is 4. The van der Waals surface area contributed by atoms with E-state index in [0.717, 1.165) is 25.9 Å². The van der Waals surface area contributed by atoms with Crippen molar-refractivity contribution >= 4 is 30.9 Å². The summed E-state index contributed by atoms with van der Waals surface area (Å²) in [7, 11) is -1.62. The van der Waals surface area contributed by atoms with Crippen LogP contribution < -0.4 is 0 Å². The maximum Gasteiger partial charge on any atom is 0.192 e. The summed E-state index contributed by atoms with van der Waals surface area (Å²) in [4.78, 5) is 0.